The Morgan fingerprint density at radius 2 is 2.06 bits per heavy atom. The summed E-state index contributed by atoms with van der Waals surface area (Å²) >= 11 is 5.82. The molecule has 2 rings (SSSR count). The zero-order valence-electron chi connectivity index (χ0n) is 8.90. The molecule has 88 valence electrons. The van der Waals surface area contributed by atoms with Crippen LogP contribution < -0.4 is 5.32 Å². The van der Waals surface area contributed by atoms with Gasteiger partial charge in [0.05, 0.1) is 0 Å². The number of nitrogens with one attached hydrogen (secondary N) is 1. The second kappa shape index (κ2) is 4.68. The van der Waals surface area contributed by atoms with Crippen LogP contribution in [0.3, 0.4) is 0 Å². The zero-order chi connectivity index (χ0) is 11.6. The Morgan fingerprint density at radius 3 is 2.69 bits per heavy atom. The van der Waals surface area contributed by atoms with Crippen molar-refractivity contribution in [2.24, 2.45) is 5.41 Å². The average Bonchev–Trinajstić information content (AvgIpc) is 3.04. The lowest BCUT2D eigenvalue weighted by molar-refractivity contribution is 0.493. The normalized spacial score (nSPS) is 17.4. The Kier molecular flexibility index (Phi) is 3.45. The summed E-state index contributed by atoms with van der Waals surface area (Å²) in [6.45, 7) is 1.12. The van der Waals surface area contributed by atoms with Gasteiger partial charge in [-0.25, -0.2) is 8.78 Å². The summed E-state index contributed by atoms with van der Waals surface area (Å²) in [5.41, 5.74) is 0.566. The molecule has 1 N–H and O–H groups in total. The highest BCUT2D eigenvalue weighted by molar-refractivity contribution is 6.18. The van der Waals surface area contributed by atoms with Gasteiger partial charge in [-0.3, -0.25) is 0 Å². The van der Waals surface area contributed by atoms with Crippen molar-refractivity contribution in [2.75, 3.05) is 12.4 Å². The molecule has 0 saturated heterocycles. The maximum atomic E-state index is 13.3. The molecule has 1 aliphatic rings. The third kappa shape index (κ3) is 2.71. The maximum absolute atomic E-state index is 13.3. The monoisotopic (exact) mass is 245 g/mol. The number of hydrogen-bond donors (Lipinski definition) is 1. The fourth-order valence-corrected chi connectivity index (χ4v) is 2.04. The minimum Gasteiger partial charge on any atom is -0.312 e. The Morgan fingerprint density at radius 1 is 1.31 bits per heavy atom. The molecule has 0 atom stereocenters. The Balaban J connectivity index is 1.87. The van der Waals surface area contributed by atoms with Crippen molar-refractivity contribution in [3.8, 4) is 0 Å². The first-order chi connectivity index (χ1) is 7.65. The van der Waals surface area contributed by atoms with Crippen LogP contribution in [-0.4, -0.2) is 12.4 Å². The SMILES string of the molecule is Fc1ccc(F)c(CNCC2(CCl)CC2)c1. The van der Waals surface area contributed by atoms with E-state index in [-0.39, 0.29) is 11.2 Å². The van der Waals surface area contributed by atoms with Gasteiger partial charge in [0.2, 0.25) is 0 Å². The van der Waals surface area contributed by atoms with Crippen LogP contribution in [0.15, 0.2) is 18.2 Å². The summed E-state index contributed by atoms with van der Waals surface area (Å²) in [6, 6.07) is 3.50. The van der Waals surface area contributed by atoms with Crippen molar-refractivity contribution in [1.29, 1.82) is 0 Å². The van der Waals surface area contributed by atoms with Gasteiger partial charge in [-0.05, 0) is 36.5 Å². The molecule has 16 heavy (non-hydrogen) atoms. The van der Waals surface area contributed by atoms with Gasteiger partial charge >= 0.3 is 0 Å². The maximum Gasteiger partial charge on any atom is 0.127 e. The van der Waals surface area contributed by atoms with Crippen LogP contribution in [0.25, 0.3) is 0 Å². The van der Waals surface area contributed by atoms with Gasteiger partial charge in [0.15, 0.2) is 0 Å². The summed E-state index contributed by atoms with van der Waals surface area (Å²) in [6.07, 6.45) is 2.24. The number of alkyl halides is 1. The smallest absolute Gasteiger partial charge is 0.127 e. The van der Waals surface area contributed by atoms with Crippen LogP contribution in [0, 0.1) is 17.0 Å². The van der Waals surface area contributed by atoms with Gasteiger partial charge in [-0.1, -0.05) is 0 Å². The van der Waals surface area contributed by atoms with Crippen LogP contribution in [0.1, 0.15) is 18.4 Å². The van der Waals surface area contributed by atoms with E-state index in [2.05, 4.69) is 5.32 Å². The van der Waals surface area contributed by atoms with E-state index in [4.69, 9.17) is 11.6 Å². The van der Waals surface area contributed by atoms with Gasteiger partial charge in [0.25, 0.3) is 0 Å². The molecule has 4 heteroatoms. The van der Waals surface area contributed by atoms with Crippen molar-refractivity contribution in [3.63, 3.8) is 0 Å². The molecule has 1 nitrogen and oxygen atoms in total. The summed E-state index contributed by atoms with van der Waals surface area (Å²) in [7, 11) is 0. The molecule has 0 aromatic heterocycles. The second-order valence-electron chi connectivity index (χ2n) is 4.47. The molecule has 1 aromatic rings. The average molecular weight is 246 g/mol. The quantitative estimate of drug-likeness (QED) is 0.787. The van der Waals surface area contributed by atoms with Crippen LogP contribution in [0.5, 0.6) is 0 Å². The first kappa shape index (κ1) is 11.8. The fourth-order valence-electron chi connectivity index (χ4n) is 1.68. The van der Waals surface area contributed by atoms with E-state index >= 15 is 0 Å². The number of halogens is 3. The molecule has 0 bridgehead atoms. The highest BCUT2D eigenvalue weighted by atomic mass is 35.5. The minimum atomic E-state index is -0.406. The Bertz CT molecular complexity index is 377. The molecule has 0 amide bonds. The van der Waals surface area contributed by atoms with E-state index in [1.54, 1.807) is 0 Å². The summed E-state index contributed by atoms with van der Waals surface area (Å²) in [5, 5.41) is 3.13. The lowest BCUT2D eigenvalue weighted by Crippen LogP contribution is -2.25. The topological polar surface area (TPSA) is 12.0 Å². The number of hydrogen-bond acceptors (Lipinski definition) is 1. The summed E-state index contributed by atoms with van der Waals surface area (Å²) in [5.74, 6) is -0.146. The third-order valence-electron chi connectivity index (χ3n) is 3.06. The predicted octanol–water partition coefficient (Wildman–Crippen LogP) is 3.07. The molecule has 1 aliphatic carbocycles. The molecular formula is C12H14ClF2N. The van der Waals surface area contributed by atoms with E-state index in [0.29, 0.717) is 18.0 Å². The standard InChI is InChI=1S/C12H14ClF2N/c13-7-12(3-4-12)8-16-6-9-5-10(14)1-2-11(9)15/h1-2,5,16H,3-4,6-8H2. The molecule has 0 unspecified atom stereocenters. The van der Waals surface area contributed by atoms with E-state index in [1.165, 1.54) is 6.07 Å². The molecule has 1 fully saturated rings. The number of benzene rings is 1. The molecule has 0 spiro atoms. The lowest BCUT2D eigenvalue weighted by atomic mass is 10.1. The fraction of sp³-hybridized carbons (Fsp3) is 0.500. The third-order valence-corrected chi connectivity index (χ3v) is 3.63. The van der Waals surface area contributed by atoms with Crippen LogP contribution in [0.4, 0.5) is 8.78 Å². The van der Waals surface area contributed by atoms with Crippen molar-refractivity contribution >= 4 is 11.6 Å². The highest BCUT2D eigenvalue weighted by Gasteiger charge is 2.41. The van der Waals surface area contributed by atoms with E-state index in [9.17, 15) is 8.78 Å². The van der Waals surface area contributed by atoms with Crippen molar-refractivity contribution in [2.45, 2.75) is 19.4 Å². The second-order valence-corrected chi connectivity index (χ2v) is 4.74. The minimum absolute atomic E-state index is 0.200. The Hall–Kier alpha value is -0.670. The zero-order valence-corrected chi connectivity index (χ0v) is 9.66. The van der Waals surface area contributed by atoms with Crippen LogP contribution >= 0.6 is 11.6 Å². The highest BCUT2D eigenvalue weighted by Crippen LogP contribution is 2.45. The van der Waals surface area contributed by atoms with Crippen molar-refractivity contribution in [1.82, 2.24) is 5.32 Å². The van der Waals surface area contributed by atoms with Crippen molar-refractivity contribution in [3.05, 3.63) is 35.4 Å². The Labute approximate surface area is 98.8 Å². The molecule has 1 saturated carbocycles. The lowest BCUT2D eigenvalue weighted by Gasteiger charge is -2.12. The van der Waals surface area contributed by atoms with Crippen molar-refractivity contribution < 1.29 is 8.78 Å². The first-order valence-electron chi connectivity index (χ1n) is 5.36. The van der Waals surface area contributed by atoms with Gasteiger partial charge in [-0.2, -0.15) is 0 Å². The van der Waals surface area contributed by atoms with Gasteiger partial charge < -0.3 is 5.32 Å². The van der Waals surface area contributed by atoms with E-state index in [0.717, 1.165) is 31.5 Å². The molecule has 1 aromatic carbocycles. The largest absolute Gasteiger partial charge is 0.312 e. The number of rotatable bonds is 5. The van der Waals surface area contributed by atoms with Crippen LogP contribution in [0.2, 0.25) is 0 Å². The van der Waals surface area contributed by atoms with Gasteiger partial charge in [0.1, 0.15) is 11.6 Å². The summed E-state index contributed by atoms with van der Waals surface area (Å²) in [4.78, 5) is 0. The molecular weight excluding hydrogens is 232 g/mol. The molecule has 0 heterocycles. The van der Waals surface area contributed by atoms with E-state index < -0.39 is 5.82 Å². The van der Waals surface area contributed by atoms with Crippen LogP contribution in [-0.2, 0) is 6.54 Å². The molecule has 0 aliphatic heterocycles. The van der Waals surface area contributed by atoms with E-state index in [1.807, 2.05) is 0 Å². The van der Waals surface area contributed by atoms with Gasteiger partial charge in [0, 0.05) is 24.5 Å². The van der Waals surface area contributed by atoms with Gasteiger partial charge in [-0.15, -0.1) is 11.6 Å². The predicted molar refractivity (Wildman–Crippen MR) is 60.5 cm³/mol. The summed E-state index contributed by atoms with van der Waals surface area (Å²) < 4.78 is 26.1. The first-order valence-corrected chi connectivity index (χ1v) is 5.89. The molecule has 0 radical (unpaired) electrons.